The van der Waals surface area contributed by atoms with E-state index in [4.69, 9.17) is 0 Å². The highest BCUT2D eigenvalue weighted by Crippen LogP contribution is 2.24. The predicted octanol–water partition coefficient (Wildman–Crippen LogP) is 3.62. The maximum Gasteiger partial charge on any atom is 0.573 e. The molecule has 1 amide bonds. The number of alkyl halides is 3. The standard InChI is InChI=1S/C18H18F3NO4S/c1-12(14-6-8-16(9-7-14)26-18(19,20)21)22-17(23)15-5-3-4-13(10-15)11-27(2,24)25/h3-10,12H,11H2,1-2H3,(H,22,23). The first-order chi connectivity index (χ1) is 12.4. The van der Waals surface area contributed by atoms with Gasteiger partial charge in [0, 0.05) is 11.8 Å². The molecule has 146 valence electrons. The molecule has 0 aromatic heterocycles. The Labute approximate surface area is 155 Å². The van der Waals surface area contributed by atoms with Crippen LogP contribution in [0.25, 0.3) is 0 Å². The summed E-state index contributed by atoms with van der Waals surface area (Å²) in [5, 5.41) is 2.72. The lowest BCUT2D eigenvalue weighted by atomic mass is 10.1. The second-order valence-electron chi connectivity index (χ2n) is 6.08. The summed E-state index contributed by atoms with van der Waals surface area (Å²) in [7, 11) is -3.23. The van der Waals surface area contributed by atoms with Gasteiger partial charge in [0.05, 0.1) is 11.8 Å². The van der Waals surface area contributed by atoms with Gasteiger partial charge in [0.15, 0.2) is 9.84 Å². The second kappa shape index (κ2) is 7.99. The van der Waals surface area contributed by atoms with Crippen molar-refractivity contribution in [1.29, 1.82) is 0 Å². The fourth-order valence-corrected chi connectivity index (χ4v) is 3.21. The predicted molar refractivity (Wildman–Crippen MR) is 94.0 cm³/mol. The van der Waals surface area contributed by atoms with Gasteiger partial charge in [-0.3, -0.25) is 4.79 Å². The zero-order valence-electron chi connectivity index (χ0n) is 14.6. The van der Waals surface area contributed by atoms with Crippen LogP contribution in [0.5, 0.6) is 5.75 Å². The number of benzene rings is 2. The third-order valence-corrected chi connectivity index (χ3v) is 4.44. The number of ether oxygens (including phenoxy) is 1. The van der Waals surface area contributed by atoms with E-state index < -0.39 is 28.1 Å². The number of sulfone groups is 1. The molecule has 0 radical (unpaired) electrons. The number of carbonyl (C=O) groups is 1. The molecule has 0 spiro atoms. The summed E-state index contributed by atoms with van der Waals surface area (Å²) in [4.78, 5) is 12.4. The van der Waals surface area contributed by atoms with Gasteiger partial charge in [-0.1, -0.05) is 24.3 Å². The number of rotatable bonds is 6. The summed E-state index contributed by atoms with van der Waals surface area (Å²) in [6, 6.07) is 10.9. The molecule has 2 aromatic carbocycles. The van der Waals surface area contributed by atoms with E-state index in [1.807, 2.05) is 0 Å². The van der Waals surface area contributed by atoms with E-state index >= 15 is 0 Å². The van der Waals surface area contributed by atoms with E-state index in [0.29, 0.717) is 16.7 Å². The molecule has 0 heterocycles. The van der Waals surface area contributed by atoms with Gasteiger partial charge in [-0.2, -0.15) is 0 Å². The van der Waals surface area contributed by atoms with Crippen LogP contribution in [0.4, 0.5) is 13.2 Å². The summed E-state index contributed by atoms with van der Waals surface area (Å²) >= 11 is 0. The molecule has 0 saturated carbocycles. The fraction of sp³-hybridized carbons (Fsp3) is 0.278. The normalized spacial score (nSPS) is 13.1. The van der Waals surface area contributed by atoms with E-state index in [1.54, 1.807) is 25.1 Å². The number of hydrogen-bond donors (Lipinski definition) is 1. The first-order valence-electron chi connectivity index (χ1n) is 7.86. The first kappa shape index (κ1) is 20.8. The molecule has 1 unspecified atom stereocenters. The van der Waals surface area contributed by atoms with Gasteiger partial charge < -0.3 is 10.1 Å². The largest absolute Gasteiger partial charge is 0.573 e. The minimum Gasteiger partial charge on any atom is -0.406 e. The molecule has 0 fully saturated rings. The molecular weight excluding hydrogens is 383 g/mol. The quantitative estimate of drug-likeness (QED) is 0.803. The van der Waals surface area contributed by atoms with E-state index in [-0.39, 0.29) is 11.5 Å². The van der Waals surface area contributed by atoms with Crippen molar-refractivity contribution in [2.75, 3.05) is 6.26 Å². The zero-order valence-corrected chi connectivity index (χ0v) is 15.4. The van der Waals surface area contributed by atoms with Gasteiger partial charge in [0.25, 0.3) is 5.91 Å². The minimum atomic E-state index is -4.77. The zero-order chi connectivity index (χ0) is 20.2. The van der Waals surface area contributed by atoms with E-state index in [2.05, 4.69) is 10.1 Å². The Kier molecular flexibility index (Phi) is 6.15. The van der Waals surface area contributed by atoms with Crippen LogP contribution in [0, 0.1) is 0 Å². The maximum atomic E-state index is 12.4. The second-order valence-corrected chi connectivity index (χ2v) is 8.22. The molecule has 1 atom stereocenters. The molecule has 2 aromatic rings. The van der Waals surface area contributed by atoms with Gasteiger partial charge in [-0.05, 0) is 42.3 Å². The number of amides is 1. The monoisotopic (exact) mass is 401 g/mol. The Bertz CT molecular complexity index is 909. The van der Waals surface area contributed by atoms with Gasteiger partial charge in [-0.15, -0.1) is 13.2 Å². The van der Waals surface area contributed by atoms with Crippen LogP contribution < -0.4 is 10.1 Å². The van der Waals surface area contributed by atoms with Crippen molar-refractivity contribution in [1.82, 2.24) is 5.32 Å². The van der Waals surface area contributed by atoms with Crippen LogP contribution in [-0.2, 0) is 15.6 Å². The summed E-state index contributed by atoms with van der Waals surface area (Å²) < 4.78 is 63.1. The molecule has 5 nitrogen and oxygen atoms in total. The summed E-state index contributed by atoms with van der Waals surface area (Å²) in [6.07, 6.45) is -3.66. The van der Waals surface area contributed by atoms with E-state index in [1.165, 1.54) is 18.2 Å². The van der Waals surface area contributed by atoms with Crippen molar-refractivity contribution in [2.24, 2.45) is 0 Å². The number of carbonyl (C=O) groups excluding carboxylic acids is 1. The molecule has 0 aliphatic heterocycles. The maximum absolute atomic E-state index is 12.4. The third kappa shape index (κ3) is 6.93. The summed E-state index contributed by atoms with van der Waals surface area (Å²) in [6.45, 7) is 1.68. The van der Waals surface area contributed by atoms with Crippen LogP contribution in [-0.4, -0.2) is 26.9 Å². The summed E-state index contributed by atoms with van der Waals surface area (Å²) in [5.41, 5.74) is 1.37. The highest BCUT2D eigenvalue weighted by molar-refractivity contribution is 7.89. The molecule has 27 heavy (non-hydrogen) atoms. The summed E-state index contributed by atoms with van der Waals surface area (Å²) in [5.74, 6) is -0.948. The van der Waals surface area contributed by atoms with Crippen molar-refractivity contribution in [3.8, 4) is 5.75 Å². The Morgan fingerprint density at radius 1 is 1.15 bits per heavy atom. The molecule has 0 bridgehead atoms. The Balaban J connectivity index is 2.06. The van der Waals surface area contributed by atoms with Crippen molar-refractivity contribution in [2.45, 2.75) is 25.1 Å². The van der Waals surface area contributed by atoms with Gasteiger partial charge in [-0.25, -0.2) is 8.42 Å². The lowest BCUT2D eigenvalue weighted by Crippen LogP contribution is -2.26. The van der Waals surface area contributed by atoms with Gasteiger partial charge in [0.1, 0.15) is 5.75 Å². The number of halogens is 3. The van der Waals surface area contributed by atoms with Gasteiger partial charge in [0.2, 0.25) is 0 Å². The number of hydrogen-bond acceptors (Lipinski definition) is 4. The molecular formula is C18H18F3NO4S. The Morgan fingerprint density at radius 3 is 2.33 bits per heavy atom. The van der Waals surface area contributed by atoms with Gasteiger partial charge >= 0.3 is 6.36 Å². The molecule has 1 N–H and O–H groups in total. The van der Waals surface area contributed by atoms with E-state index in [9.17, 15) is 26.4 Å². The lowest BCUT2D eigenvalue weighted by molar-refractivity contribution is -0.274. The van der Waals surface area contributed by atoms with Crippen molar-refractivity contribution >= 4 is 15.7 Å². The first-order valence-corrected chi connectivity index (χ1v) is 9.92. The molecule has 0 aliphatic carbocycles. The SMILES string of the molecule is CC(NC(=O)c1cccc(CS(C)(=O)=O)c1)c1ccc(OC(F)(F)F)cc1. The smallest absolute Gasteiger partial charge is 0.406 e. The van der Waals surface area contributed by atoms with Crippen LogP contribution in [0.2, 0.25) is 0 Å². The van der Waals surface area contributed by atoms with Crippen LogP contribution >= 0.6 is 0 Å². The highest BCUT2D eigenvalue weighted by Gasteiger charge is 2.31. The van der Waals surface area contributed by atoms with Crippen molar-refractivity contribution in [3.63, 3.8) is 0 Å². The third-order valence-electron chi connectivity index (χ3n) is 3.58. The highest BCUT2D eigenvalue weighted by atomic mass is 32.2. The lowest BCUT2D eigenvalue weighted by Gasteiger charge is -2.16. The molecule has 0 aliphatic rings. The van der Waals surface area contributed by atoms with Crippen LogP contribution in [0.1, 0.15) is 34.5 Å². The van der Waals surface area contributed by atoms with Crippen molar-refractivity contribution < 1.29 is 31.1 Å². The average molecular weight is 401 g/mol. The number of nitrogens with one attached hydrogen (secondary N) is 1. The van der Waals surface area contributed by atoms with Crippen LogP contribution in [0.15, 0.2) is 48.5 Å². The Morgan fingerprint density at radius 2 is 1.78 bits per heavy atom. The fourth-order valence-electron chi connectivity index (χ4n) is 2.43. The molecule has 0 saturated heterocycles. The van der Waals surface area contributed by atoms with E-state index in [0.717, 1.165) is 18.4 Å². The Hall–Kier alpha value is -2.55. The molecule has 9 heteroatoms. The van der Waals surface area contributed by atoms with Crippen LogP contribution in [0.3, 0.4) is 0 Å². The molecule has 2 rings (SSSR count). The average Bonchev–Trinajstić information content (AvgIpc) is 2.52. The van der Waals surface area contributed by atoms with Crippen molar-refractivity contribution in [3.05, 3.63) is 65.2 Å². The topological polar surface area (TPSA) is 72.5 Å². The minimum absolute atomic E-state index is 0.176.